The molecular formula is C13H24N4O. The number of amides is 1. The summed E-state index contributed by atoms with van der Waals surface area (Å²) in [6.07, 6.45) is 5.61. The van der Waals surface area contributed by atoms with Gasteiger partial charge in [0.05, 0.1) is 11.9 Å². The van der Waals surface area contributed by atoms with Gasteiger partial charge < -0.3 is 11.1 Å². The third-order valence-corrected chi connectivity index (χ3v) is 3.24. The van der Waals surface area contributed by atoms with Crippen LogP contribution in [0.5, 0.6) is 0 Å². The fourth-order valence-electron chi connectivity index (χ4n) is 2.06. The lowest BCUT2D eigenvalue weighted by molar-refractivity contribution is -0.116. The summed E-state index contributed by atoms with van der Waals surface area (Å²) < 4.78 is 0. The van der Waals surface area contributed by atoms with Crippen LogP contribution in [0.3, 0.4) is 0 Å². The van der Waals surface area contributed by atoms with Crippen molar-refractivity contribution in [3.8, 4) is 0 Å². The van der Waals surface area contributed by atoms with E-state index in [1.807, 2.05) is 0 Å². The third-order valence-electron chi connectivity index (χ3n) is 3.24. The number of carbonyl (C=O) groups is 1. The first-order chi connectivity index (χ1) is 8.43. The zero-order valence-corrected chi connectivity index (χ0v) is 11.5. The standard InChI is InChI=1S/C13H24N4O/c1-13(2,3)10(6-7-14)4-5-12(18)17-11-8-15-16-9-11/h8-10H,4-7,14H2,1-3H3,(H,15,16)(H,17,18). The molecule has 0 radical (unpaired) electrons. The van der Waals surface area contributed by atoms with Crippen LogP contribution in [0, 0.1) is 11.3 Å². The Balaban J connectivity index is 2.40. The van der Waals surface area contributed by atoms with Gasteiger partial charge in [0.25, 0.3) is 0 Å². The van der Waals surface area contributed by atoms with Gasteiger partial charge in [-0.2, -0.15) is 5.10 Å². The highest BCUT2D eigenvalue weighted by Gasteiger charge is 2.24. The molecule has 0 aliphatic rings. The molecule has 1 atom stereocenters. The van der Waals surface area contributed by atoms with Gasteiger partial charge in [-0.1, -0.05) is 20.8 Å². The van der Waals surface area contributed by atoms with E-state index in [2.05, 4.69) is 36.3 Å². The summed E-state index contributed by atoms with van der Waals surface area (Å²) in [5, 5.41) is 9.25. The maximum atomic E-state index is 11.8. The Morgan fingerprint density at radius 2 is 2.22 bits per heavy atom. The number of rotatable bonds is 6. The van der Waals surface area contributed by atoms with Gasteiger partial charge in [-0.05, 0) is 30.7 Å². The minimum absolute atomic E-state index is 0.0303. The van der Waals surface area contributed by atoms with Crippen molar-refractivity contribution in [3.63, 3.8) is 0 Å². The number of H-pyrrole nitrogens is 1. The molecule has 1 rings (SSSR count). The second-order valence-electron chi connectivity index (χ2n) is 5.71. The minimum atomic E-state index is 0.0303. The van der Waals surface area contributed by atoms with E-state index in [1.165, 1.54) is 0 Å². The van der Waals surface area contributed by atoms with Gasteiger partial charge in [-0.15, -0.1) is 0 Å². The number of hydrogen-bond donors (Lipinski definition) is 3. The molecular weight excluding hydrogens is 228 g/mol. The van der Waals surface area contributed by atoms with Crippen LogP contribution in [-0.2, 0) is 4.79 Å². The molecule has 1 heterocycles. The molecule has 0 aliphatic heterocycles. The summed E-state index contributed by atoms with van der Waals surface area (Å²) in [6, 6.07) is 0. The largest absolute Gasteiger partial charge is 0.330 e. The van der Waals surface area contributed by atoms with Gasteiger partial charge in [0.2, 0.25) is 5.91 Å². The molecule has 0 aromatic carbocycles. The van der Waals surface area contributed by atoms with E-state index in [0.29, 0.717) is 24.6 Å². The summed E-state index contributed by atoms with van der Waals surface area (Å²) in [5.74, 6) is 0.500. The van der Waals surface area contributed by atoms with Gasteiger partial charge in [-0.25, -0.2) is 0 Å². The van der Waals surface area contributed by atoms with E-state index in [9.17, 15) is 4.79 Å². The molecule has 4 N–H and O–H groups in total. The average Bonchev–Trinajstić information content (AvgIpc) is 2.75. The third kappa shape index (κ3) is 4.87. The molecule has 102 valence electrons. The molecule has 1 aromatic heterocycles. The number of aromatic amines is 1. The highest BCUT2D eigenvalue weighted by Crippen LogP contribution is 2.32. The normalized spacial score (nSPS) is 13.3. The smallest absolute Gasteiger partial charge is 0.224 e. The number of nitrogens with zero attached hydrogens (tertiary/aromatic N) is 1. The van der Waals surface area contributed by atoms with Crippen molar-refractivity contribution in [2.45, 2.75) is 40.0 Å². The highest BCUT2D eigenvalue weighted by molar-refractivity contribution is 5.90. The molecule has 0 bridgehead atoms. The number of nitrogens with two attached hydrogens (primary N) is 1. The second-order valence-corrected chi connectivity index (χ2v) is 5.71. The van der Waals surface area contributed by atoms with E-state index in [-0.39, 0.29) is 11.3 Å². The second kappa shape index (κ2) is 6.54. The molecule has 1 amide bonds. The van der Waals surface area contributed by atoms with E-state index in [4.69, 9.17) is 5.73 Å². The molecule has 0 saturated carbocycles. The zero-order chi connectivity index (χ0) is 13.6. The summed E-state index contributed by atoms with van der Waals surface area (Å²) in [6.45, 7) is 7.26. The van der Waals surface area contributed by atoms with Crippen LogP contribution >= 0.6 is 0 Å². The Morgan fingerprint density at radius 1 is 1.50 bits per heavy atom. The van der Waals surface area contributed by atoms with Gasteiger partial charge in [0.15, 0.2) is 0 Å². The SMILES string of the molecule is CC(C)(C)C(CCN)CCC(=O)Nc1cn[nH]c1. The fraction of sp³-hybridized carbons (Fsp3) is 0.692. The zero-order valence-electron chi connectivity index (χ0n) is 11.5. The Bertz CT molecular complexity index is 354. The lowest BCUT2D eigenvalue weighted by Gasteiger charge is -2.30. The van der Waals surface area contributed by atoms with Crippen LogP contribution in [0.4, 0.5) is 5.69 Å². The lowest BCUT2D eigenvalue weighted by atomic mass is 9.76. The van der Waals surface area contributed by atoms with Crippen molar-refractivity contribution in [2.75, 3.05) is 11.9 Å². The predicted molar refractivity (Wildman–Crippen MR) is 73.1 cm³/mol. The summed E-state index contributed by atoms with van der Waals surface area (Å²) in [4.78, 5) is 11.8. The molecule has 0 saturated heterocycles. The molecule has 0 fully saturated rings. The summed E-state index contributed by atoms with van der Waals surface area (Å²) in [7, 11) is 0. The van der Waals surface area contributed by atoms with Crippen molar-refractivity contribution in [3.05, 3.63) is 12.4 Å². The molecule has 1 unspecified atom stereocenters. The number of aromatic nitrogens is 2. The molecule has 5 heteroatoms. The monoisotopic (exact) mass is 252 g/mol. The highest BCUT2D eigenvalue weighted by atomic mass is 16.1. The van der Waals surface area contributed by atoms with E-state index in [0.717, 1.165) is 12.8 Å². The number of hydrogen-bond acceptors (Lipinski definition) is 3. The summed E-state index contributed by atoms with van der Waals surface area (Å²) >= 11 is 0. The Morgan fingerprint density at radius 3 is 2.72 bits per heavy atom. The average molecular weight is 252 g/mol. The van der Waals surface area contributed by atoms with Crippen molar-refractivity contribution in [1.82, 2.24) is 10.2 Å². The minimum Gasteiger partial charge on any atom is -0.330 e. The predicted octanol–water partition coefficient (Wildman–Crippen LogP) is 2.14. The van der Waals surface area contributed by atoms with Crippen molar-refractivity contribution in [1.29, 1.82) is 0 Å². The van der Waals surface area contributed by atoms with E-state index in [1.54, 1.807) is 12.4 Å². The first-order valence-electron chi connectivity index (χ1n) is 6.42. The number of nitrogens with one attached hydrogen (secondary N) is 2. The maximum Gasteiger partial charge on any atom is 0.224 e. The topological polar surface area (TPSA) is 83.8 Å². The first-order valence-corrected chi connectivity index (χ1v) is 6.42. The van der Waals surface area contributed by atoms with Crippen molar-refractivity contribution in [2.24, 2.45) is 17.1 Å². The molecule has 18 heavy (non-hydrogen) atoms. The van der Waals surface area contributed by atoms with E-state index < -0.39 is 0 Å². The van der Waals surface area contributed by atoms with Gasteiger partial charge in [0, 0.05) is 12.6 Å². The van der Waals surface area contributed by atoms with Crippen molar-refractivity contribution < 1.29 is 4.79 Å². The quantitative estimate of drug-likeness (QED) is 0.725. The van der Waals surface area contributed by atoms with Crippen LogP contribution in [0.2, 0.25) is 0 Å². The van der Waals surface area contributed by atoms with Crippen LogP contribution in [0.1, 0.15) is 40.0 Å². The lowest BCUT2D eigenvalue weighted by Crippen LogP contribution is -2.25. The van der Waals surface area contributed by atoms with Crippen LogP contribution < -0.4 is 11.1 Å². The van der Waals surface area contributed by atoms with Crippen LogP contribution in [-0.4, -0.2) is 22.6 Å². The van der Waals surface area contributed by atoms with Gasteiger partial charge in [0.1, 0.15) is 0 Å². The summed E-state index contributed by atoms with van der Waals surface area (Å²) in [5.41, 5.74) is 6.53. The van der Waals surface area contributed by atoms with Crippen LogP contribution in [0.25, 0.3) is 0 Å². The maximum absolute atomic E-state index is 11.8. The Labute approximate surface area is 109 Å². The Kier molecular flexibility index (Phi) is 5.34. The van der Waals surface area contributed by atoms with Gasteiger partial charge in [-0.3, -0.25) is 9.89 Å². The molecule has 0 aliphatic carbocycles. The first kappa shape index (κ1) is 14.7. The van der Waals surface area contributed by atoms with Crippen LogP contribution in [0.15, 0.2) is 12.4 Å². The van der Waals surface area contributed by atoms with Gasteiger partial charge >= 0.3 is 0 Å². The number of anilines is 1. The molecule has 5 nitrogen and oxygen atoms in total. The molecule has 0 spiro atoms. The molecule has 1 aromatic rings. The van der Waals surface area contributed by atoms with Crippen molar-refractivity contribution >= 4 is 11.6 Å². The number of carbonyl (C=O) groups excluding carboxylic acids is 1. The Hall–Kier alpha value is -1.36. The fourth-order valence-corrected chi connectivity index (χ4v) is 2.06. The van der Waals surface area contributed by atoms with E-state index >= 15 is 0 Å².